The Bertz CT molecular complexity index is 773. The predicted molar refractivity (Wildman–Crippen MR) is 97.0 cm³/mol. The van der Waals surface area contributed by atoms with Gasteiger partial charge in [-0.15, -0.1) is 11.3 Å². The lowest BCUT2D eigenvalue weighted by atomic mass is 10.0. The summed E-state index contributed by atoms with van der Waals surface area (Å²) in [7, 11) is 4.56. The molecule has 1 aromatic carbocycles. The molecule has 1 heterocycles. The summed E-state index contributed by atoms with van der Waals surface area (Å²) in [6.07, 6.45) is -0.278. The molecule has 0 spiro atoms. The Balaban J connectivity index is 2.32. The zero-order valence-corrected chi connectivity index (χ0v) is 15.6. The van der Waals surface area contributed by atoms with E-state index in [4.69, 9.17) is 14.2 Å². The van der Waals surface area contributed by atoms with Crippen molar-refractivity contribution < 1.29 is 28.9 Å². The normalized spacial score (nSPS) is 11.7. The summed E-state index contributed by atoms with van der Waals surface area (Å²) in [5, 5.41) is 13.8. The van der Waals surface area contributed by atoms with Crippen LogP contribution in [-0.2, 0) is 16.1 Å². The molecule has 1 amide bonds. The second-order valence-corrected chi connectivity index (χ2v) is 6.36. The fourth-order valence-electron chi connectivity index (χ4n) is 2.55. The Morgan fingerprint density at radius 1 is 1.19 bits per heavy atom. The average Bonchev–Trinajstić information content (AvgIpc) is 3.09. The highest BCUT2D eigenvalue weighted by Crippen LogP contribution is 2.31. The summed E-state index contributed by atoms with van der Waals surface area (Å²) >= 11 is 1.28. The number of aliphatic carboxylic acids is 1. The van der Waals surface area contributed by atoms with Crippen LogP contribution in [0.4, 0.5) is 0 Å². The van der Waals surface area contributed by atoms with Gasteiger partial charge in [0.2, 0.25) is 0 Å². The van der Waals surface area contributed by atoms with Crippen LogP contribution in [-0.4, -0.2) is 38.3 Å². The first-order valence-corrected chi connectivity index (χ1v) is 8.68. The maximum absolute atomic E-state index is 12.7. The zero-order chi connectivity index (χ0) is 19.1. The molecule has 0 fully saturated rings. The van der Waals surface area contributed by atoms with E-state index in [2.05, 4.69) is 5.32 Å². The molecule has 0 radical (unpaired) electrons. The lowest BCUT2D eigenvalue weighted by molar-refractivity contribution is -0.137. The molecule has 1 atom stereocenters. The number of hydrogen-bond acceptors (Lipinski definition) is 6. The van der Waals surface area contributed by atoms with E-state index in [1.165, 1.54) is 25.6 Å². The molecule has 0 bridgehead atoms. The van der Waals surface area contributed by atoms with Gasteiger partial charge in [-0.3, -0.25) is 9.59 Å². The number of rotatable bonds is 9. The summed E-state index contributed by atoms with van der Waals surface area (Å²) in [6, 6.07) is 6.09. The fraction of sp³-hybridized carbons (Fsp3) is 0.333. The number of carbonyl (C=O) groups excluding carboxylic acids is 1. The van der Waals surface area contributed by atoms with Crippen LogP contribution in [0.25, 0.3) is 0 Å². The van der Waals surface area contributed by atoms with E-state index in [1.807, 2.05) is 6.07 Å². The van der Waals surface area contributed by atoms with Gasteiger partial charge in [-0.25, -0.2) is 0 Å². The van der Waals surface area contributed by atoms with Crippen LogP contribution in [0.5, 0.6) is 11.5 Å². The highest BCUT2D eigenvalue weighted by Gasteiger charge is 2.24. The molecule has 26 heavy (non-hydrogen) atoms. The SMILES string of the molecule is COCc1ccsc1C(=O)NC(CC(=O)O)c1ccc(OC)cc1OC. The van der Waals surface area contributed by atoms with Crippen LogP contribution >= 0.6 is 11.3 Å². The number of amides is 1. The van der Waals surface area contributed by atoms with E-state index >= 15 is 0 Å². The Hall–Kier alpha value is -2.58. The van der Waals surface area contributed by atoms with Crippen LogP contribution in [0.3, 0.4) is 0 Å². The standard InChI is InChI=1S/C18H21NO6S/c1-23-10-11-6-7-26-17(11)18(22)19-14(9-16(20)21)13-5-4-12(24-2)8-15(13)25-3/h4-8,14H,9-10H2,1-3H3,(H,19,22)(H,20,21). The van der Waals surface area contributed by atoms with Gasteiger partial charge < -0.3 is 24.6 Å². The van der Waals surface area contributed by atoms with Crippen LogP contribution in [0, 0.1) is 0 Å². The molecule has 2 rings (SSSR count). The van der Waals surface area contributed by atoms with Gasteiger partial charge in [-0.2, -0.15) is 0 Å². The first-order chi connectivity index (χ1) is 12.5. The van der Waals surface area contributed by atoms with Crippen molar-refractivity contribution in [2.75, 3.05) is 21.3 Å². The van der Waals surface area contributed by atoms with Gasteiger partial charge in [-0.1, -0.05) is 0 Å². The molecule has 0 saturated carbocycles. The molecule has 1 unspecified atom stereocenters. The first-order valence-electron chi connectivity index (χ1n) is 7.80. The van der Waals surface area contributed by atoms with Gasteiger partial charge in [0.25, 0.3) is 5.91 Å². The number of thiophene rings is 1. The van der Waals surface area contributed by atoms with Gasteiger partial charge in [0.1, 0.15) is 11.5 Å². The van der Waals surface area contributed by atoms with Gasteiger partial charge >= 0.3 is 5.97 Å². The smallest absolute Gasteiger partial charge is 0.305 e. The number of carboxylic acid groups (broad SMARTS) is 1. The predicted octanol–water partition coefficient (Wildman–Crippen LogP) is 2.86. The molecule has 2 aromatic rings. The highest BCUT2D eigenvalue weighted by molar-refractivity contribution is 7.12. The van der Waals surface area contributed by atoms with E-state index in [1.54, 1.807) is 30.7 Å². The minimum atomic E-state index is -1.03. The number of methoxy groups -OCH3 is 3. The van der Waals surface area contributed by atoms with Crippen molar-refractivity contribution in [3.05, 3.63) is 45.6 Å². The molecule has 0 aliphatic carbocycles. The summed E-state index contributed by atoms with van der Waals surface area (Å²) in [5.74, 6) is -0.363. The van der Waals surface area contributed by atoms with Gasteiger partial charge in [0, 0.05) is 24.3 Å². The zero-order valence-electron chi connectivity index (χ0n) is 14.8. The minimum Gasteiger partial charge on any atom is -0.497 e. The lowest BCUT2D eigenvalue weighted by Gasteiger charge is -2.20. The molecule has 7 nitrogen and oxygen atoms in total. The van der Waals surface area contributed by atoms with Gasteiger partial charge in [0.15, 0.2) is 0 Å². The van der Waals surface area contributed by atoms with Gasteiger partial charge in [0.05, 0.1) is 38.2 Å². The number of nitrogens with one attached hydrogen (secondary N) is 1. The first kappa shape index (κ1) is 19.7. The van der Waals surface area contributed by atoms with Crippen LogP contribution < -0.4 is 14.8 Å². The molecule has 2 N–H and O–H groups in total. The van der Waals surface area contributed by atoms with E-state index in [-0.39, 0.29) is 12.3 Å². The number of benzene rings is 1. The van der Waals surface area contributed by atoms with Gasteiger partial charge in [-0.05, 0) is 23.6 Å². The lowest BCUT2D eigenvalue weighted by Crippen LogP contribution is -2.30. The topological polar surface area (TPSA) is 94.1 Å². The van der Waals surface area contributed by atoms with Crippen molar-refractivity contribution in [2.24, 2.45) is 0 Å². The van der Waals surface area contributed by atoms with E-state index in [9.17, 15) is 14.7 Å². The average molecular weight is 379 g/mol. The molecule has 8 heteroatoms. The van der Waals surface area contributed by atoms with Crippen molar-refractivity contribution in [2.45, 2.75) is 19.1 Å². The van der Waals surface area contributed by atoms with Crippen molar-refractivity contribution >= 4 is 23.2 Å². The van der Waals surface area contributed by atoms with Crippen molar-refractivity contribution in [1.82, 2.24) is 5.32 Å². The Kier molecular flexibility index (Phi) is 6.99. The second kappa shape index (κ2) is 9.21. The third kappa shape index (κ3) is 4.74. The van der Waals surface area contributed by atoms with Crippen LogP contribution in [0.2, 0.25) is 0 Å². The number of ether oxygens (including phenoxy) is 3. The van der Waals surface area contributed by atoms with Crippen molar-refractivity contribution in [3.63, 3.8) is 0 Å². The van der Waals surface area contributed by atoms with E-state index in [0.29, 0.717) is 28.5 Å². The van der Waals surface area contributed by atoms with E-state index < -0.39 is 12.0 Å². The Labute approximate surface area is 155 Å². The Morgan fingerprint density at radius 2 is 1.96 bits per heavy atom. The monoisotopic (exact) mass is 379 g/mol. The largest absolute Gasteiger partial charge is 0.497 e. The quantitative estimate of drug-likeness (QED) is 0.696. The molecule has 0 saturated heterocycles. The molecule has 140 valence electrons. The minimum absolute atomic E-state index is 0.278. The second-order valence-electron chi connectivity index (χ2n) is 5.44. The van der Waals surface area contributed by atoms with Crippen molar-refractivity contribution in [3.8, 4) is 11.5 Å². The van der Waals surface area contributed by atoms with Crippen LogP contribution in [0.15, 0.2) is 29.6 Å². The third-order valence-corrected chi connectivity index (χ3v) is 4.71. The maximum Gasteiger partial charge on any atom is 0.305 e. The molecule has 1 aromatic heterocycles. The third-order valence-electron chi connectivity index (χ3n) is 3.75. The fourth-order valence-corrected chi connectivity index (χ4v) is 3.36. The molecular weight excluding hydrogens is 358 g/mol. The molecule has 0 aliphatic rings. The number of hydrogen-bond donors (Lipinski definition) is 2. The van der Waals surface area contributed by atoms with Crippen LogP contribution in [0.1, 0.15) is 33.3 Å². The molecule has 0 aliphatic heterocycles. The summed E-state index contributed by atoms with van der Waals surface area (Å²) in [4.78, 5) is 24.5. The van der Waals surface area contributed by atoms with E-state index in [0.717, 1.165) is 5.56 Å². The summed E-state index contributed by atoms with van der Waals surface area (Å²) in [5.41, 5.74) is 1.32. The maximum atomic E-state index is 12.7. The van der Waals surface area contributed by atoms with Crippen molar-refractivity contribution in [1.29, 1.82) is 0 Å². The summed E-state index contributed by atoms with van der Waals surface area (Å²) < 4.78 is 15.6. The highest BCUT2D eigenvalue weighted by atomic mass is 32.1. The Morgan fingerprint density at radius 3 is 2.58 bits per heavy atom. The number of carboxylic acids is 1. The summed E-state index contributed by atoms with van der Waals surface area (Å²) in [6.45, 7) is 0.307. The molecular formula is C18H21NO6S. The number of carbonyl (C=O) groups is 2.